The van der Waals surface area contributed by atoms with Gasteiger partial charge in [-0.15, -0.1) is 0 Å². The molecule has 5 rings (SSSR count). The molecular formula is C26H22N6O3S. The van der Waals surface area contributed by atoms with E-state index in [-0.39, 0.29) is 23.7 Å². The van der Waals surface area contributed by atoms with Crippen molar-refractivity contribution in [1.82, 2.24) is 14.9 Å². The van der Waals surface area contributed by atoms with Crippen molar-refractivity contribution in [1.29, 1.82) is 10.5 Å². The maximum Gasteiger partial charge on any atom is 0.259 e. The number of nitriles is 2. The molecule has 1 fully saturated rings. The van der Waals surface area contributed by atoms with Crippen molar-refractivity contribution in [2.75, 3.05) is 12.4 Å². The number of aryl methyl sites for hydroxylation is 1. The van der Waals surface area contributed by atoms with Crippen LogP contribution in [0.15, 0.2) is 30.5 Å². The molecule has 36 heavy (non-hydrogen) atoms. The van der Waals surface area contributed by atoms with E-state index in [1.54, 1.807) is 29.2 Å². The highest BCUT2D eigenvalue weighted by Gasteiger charge is 2.39. The Balaban J connectivity index is 1.34. The summed E-state index contributed by atoms with van der Waals surface area (Å²) >= 11 is 1.35. The number of carbonyl (C=O) groups excluding carboxylic acids is 2. The molecule has 0 saturated heterocycles. The van der Waals surface area contributed by atoms with Gasteiger partial charge in [-0.1, -0.05) is 11.3 Å². The van der Waals surface area contributed by atoms with Gasteiger partial charge in [0.15, 0.2) is 5.13 Å². The number of nitrogens with zero attached hydrogens (tertiary/aromatic N) is 5. The van der Waals surface area contributed by atoms with Crippen LogP contribution in [-0.4, -0.2) is 33.8 Å². The fourth-order valence-electron chi connectivity index (χ4n) is 4.55. The van der Waals surface area contributed by atoms with Crippen LogP contribution in [0.4, 0.5) is 5.13 Å². The summed E-state index contributed by atoms with van der Waals surface area (Å²) in [6.45, 7) is 2.70. The monoisotopic (exact) mass is 498 g/mol. The van der Waals surface area contributed by atoms with E-state index in [0.717, 1.165) is 16.3 Å². The van der Waals surface area contributed by atoms with Crippen LogP contribution in [0.3, 0.4) is 0 Å². The minimum absolute atomic E-state index is 0.0148. The van der Waals surface area contributed by atoms with E-state index in [0.29, 0.717) is 59.1 Å². The second kappa shape index (κ2) is 9.40. The Morgan fingerprint density at radius 1 is 1.19 bits per heavy atom. The third-order valence-corrected chi connectivity index (χ3v) is 7.56. The lowest BCUT2D eigenvalue weighted by atomic mass is 9.75. The minimum Gasteiger partial charge on any atom is -0.496 e. The van der Waals surface area contributed by atoms with Gasteiger partial charge in [-0.3, -0.25) is 19.9 Å². The number of ether oxygens (including phenoxy) is 1. The van der Waals surface area contributed by atoms with Crippen LogP contribution in [0.2, 0.25) is 0 Å². The highest BCUT2D eigenvalue weighted by Crippen LogP contribution is 2.38. The van der Waals surface area contributed by atoms with Crippen molar-refractivity contribution >= 4 is 28.3 Å². The highest BCUT2D eigenvalue weighted by molar-refractivity contribution is 7.16. The fourth-order valence-corrected chi connectivity index (χ4v) is 5.53. The van der Waals surface area contributed by atoms with Gasteiger partial charge >= 0.3 is 0 Å². The largest absolute Gasteiger partial charge is 0.496 e. The minimum atomic E-state index is -0.376. The van der Waals surface area contributed by atoms with Gasteiger partial charge in [0.25, 0.3) is 5.91 Å². The van der Waals surface area contributed by atoms with Crippen molar-refractivity contribution in [3.05, 3.63) is 57.9 Å². The number of fused-ring (bicyclic) bond motifs is 1. The quantitative estimate of drug-likeness (QED) is 0.561. The molecule has 3 aromatic rings. The Morgan fingerprint density at radius 3 is 2.69 bits per heavy atom. The second-order valence-electron chi connectivity index (χ2n) is 8.93. The van der Waals surface area contributed by atoms with Gasteiger partial charge in [-0.2, -0.15) is 10.5 Å². The van der Waals surface area contributed by atoms with Crippen LogP contribution in [0, 0.1) is 41.4 Å². The van der Waals surface area contributed by atoms with E-state index in [1.165, 1.54) is 24.6 Å². The van der Waals surface area contributed by atoms with E-state index in [2.05, 4.69) is 27.4 Å². The summed E-state index contributed by atoms with van der Waals surface area (Å²) in [4.78, 5) is 37.5. The summed E-state index contributed by atoms with van der Waals surface area (Å²) in [5.41, 5.74) is 3.51. The number of hydrogen-bond acceptors (Lipinski definition) is 8. The number of amides is 2. The van der Waals surface area contributed by atoms with Gasteiger partial charge in [0.1, 0.15) is 5.75 Å². The van der Waals surface area contributed by atoms with Crippen LogP contribution in [-0.2, 0) is 17.9 Å². The highest BCUT2D eigenvalue weighted by atomic mass is 32.1. The van der Waals surface area contributed by atoms with Crippen molar-refractivity contribution in [2.45, 2.75) is 32.9 Å². The predicted octanol–water partition coefficient (Wildman–Crippen LogP) is 4.04. The van der Waals surface area contributed by atoms with E-state index in [1.807, 2.05) is 6.92 Å². The molecule has 2 amide bonds. The van der Waals surface area contributed by atoms with Crippen LogP contribution >= 0.6 is 11.3 Å². The van der Waals surface area contributed by atoms with Crippen LogP contribution in [0.1, 0.15) is 45.0 Å². The summed E-state index contributed by atoms with van der Waals surface area (Å²) in [6.07, 6.45) is 2.76. The number of rotatable bonds is 5. The van der Waals surface area contributed by atoms with Gasteiger partial charge in [0.2, 0.25) is 5.91 Å². The molecule has 0 unspecified atom stereocenters. The van der Waals surface area contributed by atoms with Crippen LogP contribution < -0.4 is 10.1 Å². The number of thiazole rings is 1. The molecule has 1 aromatic carbocycles. The summed E-state index contributed by atoms with van der Waals surface area (Å²) in [5.74, 6) is 0.144. The Labute approximate surface area is 212 Å². The third kappa shape index (κ3) is 4.28. The lowest BCUT2D eigenvalue weighted by Crippen LogP contribution is -2.39. The molecule has 3 heterocycles. The Hall–Kier alpha value is -4.28. The van der Waals surface area contributed by atoms with Crippen molar-refractivity contribution in [2.24, 2.45) is 11.8 Å². The van der Waals surface area contributed by atoms with Gasteiger partial charge in [-0.25, -0.2) is 4.98 Å². The number of benzene rings is 1. The third-order valence-electron chi connectivity index (χ3n) is 6.56. The molecule has 2 aliphatic rings. The Morgan fingerprint density at radius 2 is 2.00 bits per heavy atom. The number of methoxy groups -OCH3 is 1. The van der Waals surface area contributed by atoms with Gasteiger partial charge in [0, 0.05) is 34.9 Å². The van der Waals surface area contributed by atoms with E-state index < -0.39 is 0 Å². The second-order valence-corrected chi connectivity index (χ2v) is 10.0. The normalized spacial score (nSPS) is 17.9. The topological polar surface area (TPSA) is 132 Å². The zero-order chi connectivity index (χ0) is 25.4. The molecule has 1 aliphatic carbocycles. The first kappa shape index (κ1) is 23.5. The van der Waals surface area contributed by atoms with Gasteiger partial charge in [0.05, 0.1) is 54.0 Å². The Bertz CT molecular complexity index is 1440. The summed E-state index contributed by atoms with van der Waals surface area (Å²) in [7, 11) is 1.54. The zero-order valence-electron chi connectivity index (χ0n) is 19.7. The number of nitrogens with one attached hydrogen (secondary N) is 1. The van der Waals surface area contributed by atoms with Crippen molar-refractivity contribution < 1.29 is 14.3 Å². The zero-order valence-corrected chi connectivity index (χ0v) is 20.6. The first-order valence-corrected chi connectivity index (χ1v) is 12.2. The van der Waals surface area contributed by atoms with E-state index in [4.69, 9.17) is 10.00 Å². The smallest absolute Gasteiger partial charge is 0.259 e. The van der Waals surface area contributed by atoms with E-state index >= 15 is 0 Å². The fraction of sp³-hybridized carbons (Fsp3) is 0.308. The van der Waals surface area contributed by atoms with Crippen LogP contribution in [0.25, 0.3) is 11.1 Å². The lowest BCUT2D eigenvalue weighted by Gasteiger charge is -2.32. The molecular weight excluding hydrogens is 476 g/mol. The first-order valence-electron chi connectivity index (χ1n) is 11.4. The van der Waals surface area contributed by atoms with Gasteiger partial charge in [-0.05, 0) is 44.0 Å². The van der Waals surface area contributed by atoms with Crippen molar-refractivity contribution in [3.8, 4) is 29.0 Å². The van der Waals surface area contributed by atoms with E-state index in [9.17, 15) is 14.9 Å². The molecule has 9 nitrogen and oxygen atoms in total. The standard InChI is InChI=1S/C26H22N6O3S/c1-14-5-18(19-8-15(9-27)3-4-22(19)35-2)20(11-29-14)24(33)31-26-30-21-12-32(13-23(21)36-26)25(34)17-6-16(7-17)10-28/h3-5,8,11,16-17H,6-7,12-13H2,1-2H3,(H,30,31,33). The number of pyridine rings is 1. The maximum atomic E-state index is 13.3. The number of carbonyl (C=O) groups is 2. The van der Waals surface area contributed by atoms with Crippen molar-refractivity contribution in [3.63, 3.8) is 0 Å². The summed E-state index contributed by atoms with van der Waals surface area (Å²) in [5, 5.41) is 21.6. The summed E-state index contributed by atoms with van der Waals surface area (Å²) in [6, 6.07) is 11.2. The maximum absolute atomic E-state index is 13.3. The molecule has 1 saturated carbocycles. The lowest BCUT2D eigenvalue weighted by molar-refractivity contribution is -0.139. The summed E-state index contributed by atoms with van der Waals surface area (Å²) < 4.78 is 5.48. The number of aromatic nitrogens is 2. The number of anilines is 1. The molecule has 0 spiro atoms. The molecule has 0 atom stereocenters. The molecule has 10 heteroatoms. The number of hydrogen-bond donors (Lipinski definition) is 1. The SMILES string of the molecule is COc1ccc(C#N)cc1-c1cc(C)ncc1C(=O)Nc1nc2c(s1)CN(C(=O)C1CC(C#N)C1)C2. The molecule has 180 valence electrons. The predicted molar refractivity (Wildman–Crippen MR) is 132 cm³/mol. The molecule has 0 radical (unpaired) electrons. The molecule has 0 bridgehead atoms. The average Bonchev–Trinajstić information content (AvgIpc) is 3.41. The molecule has 1 aliphatic heterocycles. The first-order chi connectivity index (χ1) is 17.4. The van der Waals surface area contributed by atoms with Gasteiger partial charge < -0.3 is 9.64 Å². The Kier molecular flexibility index (Phi) is 6.13. The van der Waals surface area contributed by atoms with Crippen LogP contribution in [0.5, 0.6) is 5.75 Å². The molecule has 2 aromatic heterocycles. The average molecular weight is 499 g/mol. The molecule has 1 N–H and O–H groups in total.